The second kappa shape index (κ2) is 7.24. The SMILES string of the molecule is CCNc1ncccc1C(=O)N(CCCO)C1CCC1. The lowest BCUT2D eigenvalue weighted by molar-refractivity contribution is 0.0563. The monoisotopic (exact) mass is 277 g/mol. The molecule has 1 amide bonds. The van der Waals surface area contributed by atoms with Crippen molar-refractivity contribution in [3.05, 3.63) is 23.9 Å². The van der Waals surface area contributed by atoms with Crippen molar-refractivity contribution in [2.75, 3.05) is 25.0 Å². The van der Waals surface area contributed by atoms with E-state index < -0.39 is 0 Å². The van der Waals surface area contributed by atoms with Crippen molar-refractivity contribution in [1.29, 1.82) is 0 Å². The summed E-state index contributed by atoms with van der Waals surface area (Å²) in [4.78, 5) is 18.9. The molecule has 1 aromatic heterocycles. The highest BCUT2D eigenvalue weighted by Gasteiger charge is 2.30. The maximum absolute atomic E-state index is 12.7. The molecule has 5 nitrogen and oxygen atoms in total. The highest BCUT2D eigenvalue weighted by molar-refractivity contribution is 5.99. The highest BCUT2D eigenvalue weighted by atomic mass is 16.3. The van der Waals surface area contributed by atoms with Crippen LogP contribution in [0, 0.1) is 0 Å². The van der Waals surface area contributed by atoms with Crippen LogP contribution in [-0.2, 0) is 0 Å². The zero-order chi connectivity index (χ0) is 14.4. The summed E-state index contributed by atoms with van der Waals surface area (Å²) >= 11 is 0. The van der Waals surface area contributed by atoms with Gasteiger partial charge in [0.25, 0.3) is 5.91 Å². The summed E-state index contributed by atoms with van der Waals surface area (Å²) in [6, 6.07) is 3.93. The molecule has 0 aliphatic heterocycles. The van der Waals surface area contributed by atoms with Gasteiger partial charge in [0.15, 0.2) is 0 Å². The molecular formula is C15H23N3O2. The van der Waals surface area contributed by atoms with Crippen LogP contribution in [-0.4, -0.2) is 46.6 Å². The van der Waals surface area contributed by atoms with Crippen LogP contribution in [0.4, 0.5) is 5.82 Å². The number of nitrogens with one attached hydrogen (secondary N) is 1. The molecule has 20 heavy (non-hydrogen) atoms. The molecule has 0 unspecified atom stereocenters. The summed E-state index contributed by atoms with van der Waals surface area (Å²) in [5, 5.41) is 12.2. The van der Waals surface area contributed by atoms with Gasteiger partial charge < -0.3 is 15.3 Å². The number of amides is 1. The number of carbonyl (C=O) groups excluding carboxylic acids is 1. The van der Waals surface area contributed by atoms with E-state index in [-0.39, 0.29) is 12.5 Å². The predicted octanol–water partition coefficient (Wildman–Crippen LogP) is 1.89. The Kier molecular flexibility index (Phi) is 5.35. The third-order valence-corrected chi connectivity index (χ3v) is 3.72. The average Bonchev–Trinajstić information content (AvgIpc) is 2.41. The number of hydrogen-bond donors (Lipinski definition) is 2. The smallest absolute Gasteiger partial charge is 0.257 e. The minimum absolute atomic E-state index is 0.0206. The van der Waals surface area contributed by atoms with Gasteiger partial charge in [-0.25, -0.2) is 4.98 Å². The van der Waals surface area contributed by atoms with Crippen molar-refractivity contribution in [1.82, 2.24) is 9.88 Å². The third kappa shape index (κ3) is 3.28. The molecule has 1 heterocycles. The Labute approximate surface area is 120 Å². The first-order chi connectivity index (χ1) is 9.77. The van der Waals surface area contributed by atoms with E-state index >= 15 is 0 Å². The lowest BCUT2D eigenvalue weighted by Gasteiger charge is -2.37. The fourth-order valence-electron chi connectivity index (χ4n) is 2.43. The first-order valence-electron chi connectivity index (χ1n) is 7.38. The van der Waals surface area contributed by atoms with Gasteiger partial charge in [-0.05, 0) is 44.7 Å². The van der Waals surface area contributed by atoms with Gasteiger partial charge >= 0.3 is 0 Å². The van der Waals surface area contributed by atoms with Crippen molar-refractivity contribution < 1.29 is 9.90 Å². The van der Waals surface area contributed by atoms with Gasteiger partial charge in [0.2, 0.25) is 0 Å². The first kappa shape index (κ1) is 14.8. The minimum atomic E-state index is 0.0206. The number of rotatable bonds is 7. The number of aromatic nitrogens is 1. The van der Waals surface area contributed by atoms with E-state index in [1.807, 2.05) is 17.9 Å². The summed E-state index contributed by atoms with van der Waals surface area (Å²) in [5.41, 5.74) is 0.624. The number of pyridine rings is 1. The van der Waals surface area contributed by atoms with Gasteiger partial charge in [-0.15, -0.1) is 0 Å². The molecule has 1 aliphatic carbocycles. The van der Waals surface area contributed by atoms with Gasteiger partial charge in [0.1, 0.15) is 5.82 Å². The van der Waals surface area contributed by atoms with Crippen LogP contribution in [0.2, 0.25) is 0 Å². The van der Waals surface area contributed by atoms with Crippen LogP contribution in [0.3, 0.4) is 0 Å². The molecule has 1 fully saturated rings. The molecule has 110 valence electrons. The van der Waals surface area contributed by atoms with E-state index in [1.54, 1.807) is 12.3 Å². The molecule has 1 aliphatic rings. The molecule has 2 rings (SSSR count). The standard InChI is InChI=1S/C15H23N3O2/c1-2-16-14-13(8-4-9-17-14)15(20)18(10-5-11-19)12-6-3-7-12/h4,8-9,12,19H,2-3,5-7,10-11H2,1H3,(H,16,17). The molecule has 0 bridgehead atoms. The lowest BCUT2D eigenvalue weighted by Crippen LogP contribution is -2.45. The van der Waals surface area contributed by atoms with Crippen LogP contribution in [0.1, 0.15) is 43.0 Å². The summed E-state index contributed by atoms with van der Waals surface area (Å²) in [7, 11) is 0. The Hall–Kier alpha value is -1.62. The molecule has 5 heteroatoms. The number of aliphatic hydroxyl groups excluding tert-OH is 1. The van der Waals surface area contributed by atoms with E-state index in [1.165, 1.54) is 6.42 Å². The quantitative estimate of drug-likeness (QED) is 0.799. The molecule has 1 saturated carbocycles. The number of hydrogen-bond acceptors (Lipinski definition) is 4. The van der Waals surface area contributed by atoms with Gasteiger partial charge in [-0.2, -0.15) is 0 Å². The summed E-state index contributed by atoms with van der Waals surface area (Å²) in [5.74, 6) is 0.667. The highest BCUT2D eigenvalue weighted by Crippen LogP contribution is 2.27. The molecule has 0 spiro atoms. The van der Waals surface area contributed by atoms with Crippen LogP contribution in [0.25, 0.3) is 0 Å². The Morgan fingerprint density at radius 3 is 2.95 bits per heavy atom. The first-order valence-corrected chi connectivity index (χ1v) is 7.38. The van der Waals surface area contributed by atoms with Crippen molar-refractivity contribution >= 4 is 11.7 Å². The normalized spacial score (nSPS) is 14.7. The summed E-state index contributed by atoms with van der Waals surface area (Å²) < 4.78 is 0. The Bertz CT molecular complexity index is 446. The fraction of sp³-hybridized carbons (Fsp3) is 0.600. The average molecular weight is 277 g/mol. The fourth-order valence-corrected chi connectivity index (χ4v) is 2.43. The molecule has 0 aromatic carbocycles. The summed E-state index contributed by atoms with van der Waals surface area (Å²) in [6.45, 7) is 3.44. The maximum Gasteiger partial charge on any atom is 0.257 e. The number of aliphatic hydroxyl groups is 1. The number of anilines is 1. The Morgan fingerprint density at radius 1 is 1.55 bits per heavy atom. The van der Waals surface area contributed by atoms with Crippen LogP contribution < -0.4 is 5.32 Å². The van der Waals surface area contributed by atoms with Crippen LogP contribution >= 0.6 is 0 Å². The van der Waals surface area contributed by atoms with Gasteiger partial charge in [0, 0.05) is 31.9 Å². The number of nitrogens with zero attached hydrogens (tertiary/aromatic N) is 2. The molecular weight excluding hydrogens is 254 g/mol. The molecule has 2 N–H and O–H groups in total. The van der Waals surface area contributed by atoms with Crippen LogP contribution in [0.15, 0.2) is 18.3 Å². The largest absolute Gasteiger partial charge is 0.396 e. The van der Waals surface area contributed by atoms with Crippen molar-refractivity contribution in [3.63, 3.8) is 0 Å². The van der Waals surface area contributed by atoms with E-state index in [9.17, 15) is 4.79 Å². The van der Waals surface area contributed by atoms with Gasteiger partial charge in [-0.3, -0.25) is 4.79 Å². The van der Waals surface area contributed by atoms with Crippen molar-refractivity contribution in [3.8, 4) is 0 Å². The Morgan fingerprint density at radius 2 is 2.35 bits per heavy atom. The third-order valence-electron chi connectivity index (χ3n) is 3.72. The Balaban J connectivity index is 2.17. The van der Waals surface area contributed by atoms with Crippen molar-refractivity contribution in [2.24, 2.45) is 0 Å². The zero-order valence-corrected chi connectivity index (χ0v) is 12.0. The summed E-state index contributed by atoms with van der Waals surface area (Å²) in [6.07, 6.45) is 5.62. The molecule has 0 atom stereocenters. The predicted molar refractivity (Wildman–Crippen MR) is 78.8 cm³/mol. The molecule has 0 saturated heterocycles. The molecule has 1 aromatic rings. The number of carbonyl (C=O) groups is 1. The maximum atomic E-state index is 12.7. The van der Waals surface area contributed by atoms with E-state index in [4.69, 9.17) is 5.11 Å². The van der Waals surface area contributed by atoms with E-state index in [0.717, 1.165) is 19.4 Å². The van der Waals surface area contributed by atoms with Gasteiger partial charge in [0.05, 0.1) is 5.56 Å². The lowest BCUT2D eigenvalue weighted by atomic mass is 9.91. The zero-order valence-electron chi connectivity index (χ0n) is 12.0. The van der Waals surface area contributed by atoms with E-state index in [0.29, 0.717) is 30.4 Å². The van der Waals surface area contributed by atoms with E-state index in [2.05, 4.69) is 10.3 Å². The minimum Gasteiger partial charge on any atom is -0.396 e. The second-order valence-corrected chi connectivity index (χ2v) is 5.09. The molecule has 0 radical (unpaired) electrons. The topological polar surface area (TPSA) is 65.5 Å². The van der Waals surface area contributed by atoms with Crippen molar-refractivity contribution in [2.45, 2.75) is 38.6 Å². The second-order valence-electron chi connectivity index (χ2n) is 5.09. The van der Waals surface area contributed by atoms with Crippen LogP contribution in [0.5, 0.6) is 0 Å². The van der Waals surface area contributed by atoms with Gasteiger partial charge in [-0.1, -0.05) is 0 Å².